The summed E-state index contributed by atoms with van der Waals surface area (Å²) in [7, 11) is 0. The Hall–Kier alpha value is -2.09. The van der Waals surface area contributed by atoms with Gasteiger partial charge in [0, 0.05) is 12.2 Å². The van der Waals surface area contributed by atoms with Crippen LogP contribution in [-0.4, -0.2) is 22.1 Å². The Bertz CT molecular complexity index is 472. The van der Waals surface area contributed by atoms with Crippen LogP contribution >= 0.6 is 0 Å². The first kappa shape index (κ1) is 14.0. The van der Waals surface area contributed by atoms with Crippen molar-refractivity contribution in [2.75, 3.05) is 5.32 Å². The lowest BCUT2D eigenvalue weighted by Crippen LogP contribution is -2.36. The second-order valence-corrected chi connectivity index (χ2v) is 5.17. The number of carbonyl (C=O) groups is 1. The van der Waals surface area contributed by atoms with Gasteiger partial charge in [0.15, 0.2) is 5.69 Å². The number of anilines is 1. The highest BCUT2D eigenvalue weighted by Gasteiger charge is 2.27. The van der Waals surface area contributed by atoms with Crippen LogP contribution in [0.15, 0.2) is 18.3 Å². The monoisotopic (exact) mass is 247 g/mol. The number of carboxylic acid groups (broad SMARTS) is 1. The lowest BCUT2D eigenvalue weighted by atomic mass is 9.84. The van der Waals surface area contributed by atoms with Gasteiger partial charge in [-0.25, -0.2) is 4.98 Å². The number of nitrogens with one attached hydrogen (secondary N) is 1. The minimum atomic E-state index is -0.871. The van der Waals surface area contributed by atoms with Crippen LogP contribution in [0.5, 0.6) is 0 Å². The minimum Gasteiger partial charge on any atom is -0.481 e. The summed E-state index contributed by atoms with van der Waals surface area (Å²) in [4.78, 5) is 14.8. The molecule has 0 fully saturated rings. The molecule has 1 rings (SSSR count). The highest BCUT2D eigenvalue weighted by molar-refractivity contribution is 5.69. The Morgan fingerprint density at radius 3 is 2.78 bits per heavy atom. The number of aliphatic carboxylic acids is 1. The van der Waals surface area contributed by atoms with E-state index in [0.717, 1.165) is 0 Å². The molecule has 1 heterocycles. The van der Waals surface area contributed by atoms with Gasteiger partial charge in [-0.05, 0) is 17.5 Å². The fourth-order valence-electron chi connectivity index (χ4n) is 1.55. The average molecular weight is 247 g/mol. The maximum Gasteiger partial charge on any atom is 0.305 e. The van der Waals surface area contributed by atoms with Crippen molar-refractivity contribution in [3.63, 3.8) is 0 Å². The molecule has 2 N–H and O–H groups in total. The molecule has 0 saturated carbocycles. The van der Waals surface area contributed by atoms with Crippen molar-refractivity contribution >= 4 is 11.7 Å². The van der Waals surface area contributed by atoms with E-state index >= 15 is 0 Å². The number of aromatic nitrogens is 1. The molecule has 0 bridgehead atoms. The van der Waals surface area contributed by atoms with Gasteiger partial charge in [0.05, 0.1) is 12.1 Å². The summed E-state index contributed by atoms with van der Waals surface area (Å²) in [6.45, 7) is 5.86. The van der Waals surface area contributed by atoms with Crippen molar-refractivity contribution in [3.05, 3.63) is 24.0 Å². The van der Waals surface area contributed by atoms with Crippen molar-refractivity contribution in [1.82, 2.24) is 4.98 Å². The molecule has 1 aromatic rings. The third-order valence-electron chi connectivity index (χ3n) is 2.67. The van der Waals surface area contributed by atoms with Gasteiger partial charge in [0.2, 0.25) is 0 Å². The molecule has 0 aliphatic rings. The SMILES string of the molecule is CC(C)(C)C(CC(=O)O)Nc1cccnc1C#N. The average Bonchev–Trinajstić information content (AvgIpc) is 2.27. The highest BCUT2D eigenvalue weighted by Crippen LogP contribution is 2.26. The first-order valence-electron chi connectivity index (χ1n) is 5.68. The Morgan fingerprint density at radius 1 is 1.61 bits per heavy atom. The fourth-order valence-corrected chi connectivity index (χ4v) is 1.55. The van der Waals surface area contributed by atoms with Gasteiger partial charge in [-0.15, -0.1) is 0 Å². The van der Waals surface area contributed by atoms with E-state index in [1.165, 1.54) is 6.20 Å². The van der Waals surface area contributed by atoms with E-state index in [-0.39, 0.29) is 23.6 Å². The summed E-state index contributed by atoms with van der Waals surface area (Å²) in [6, 6.07) is 5.15. The molecule has 1 aromatic heterocycles. The molecule has 96 valence electrons. The van der Waals surface area contributed by atoms with E-state index in [1.54, 1.807) is 12.1 Å². The number of nitrogens with zero attached hydrogens (tertiary/aromatic N) is 2. The molecule has 1 atom stereocenters. The summed E-state index contributed by atoms with van der Waals surface area (Å²) in [5, 5.41) is 21.0. The van der Waals surface area contributed by atoms with Crippen LogP contribution in [0.1, 0.15) is 32.9 Å². The molecule has 0 aliphatic carbocycles. The highest BCUT2D eigenvalue weighted by atomic mass is 16.4. The van der Waals surface area contributed by atoms with E-state index in [0.29, 0.717) is 5.69 Å². The second kappa shape index (κ2) is 5.50. The van der Waals surface area contributed by atoms with E-state index in [2.05, 4.69) is 10.3 Å². The first-order chi connectivity index (χ1) is 8.34. The number of rotatable bonds is 4. The summed E-state index contributed by atoms with van der Waals surface area (Å²) < 4.78 is 0. The molecule has 0 aromatic carbocycles. The Labute approximate surface area is 106 Å². The predicted molar refractivity (Wildman–Crippen MR) is 68.1 cm³/mol. The van der Waals surface area contributed by atoms with Crippen LogP contribution in [-0.2, 0) is 4.79 Å². The summed E-state index contributed by atoms with van der Waals surface area (Å²) in [5.41, 5.74) is 0.610. The molecule has 5 nitrogen and oxygen atoms in total. The maximum atomic E-state index is 10.9. The van der Waals surface area contributed by atoms with Crippen molar-refractivity contribution < 1.29 is 9.90 Å². The zero-order valence-electron chi connectivity index (χ0n) is 10.8. The van der Waals surface area contributed by atoms with E-state index in [9.17, 15) is 4.79 Å². The third kappa shape index (κ3) is 3.74. The summed E-state index contributed by atoms with van der Waals surface area (Å²) in [5.74, 6) is -0.871. The van der Waals surface area contributed by atoms with Crippen molar-refractivity contribution in [2.45, 2.75) is 33.2 Å². The van der Waals surface area contributed by atoms with Gasteiger partial charge < -0.3 is 10.4 Å². The lowest BCUT2D eigenvalue weighted by Gasteiger charge is -2.31. The number of pyridine rings is 1. The fraction of sp³-hybridized carbons (Fsp3) is 0.462. The first-order valence-corrected chi connectivity index (χ1v) is 5.68. The zero-order chi connectivity index (χ0) is 13.8. The normalized spacial score (nSPS) is 12.6. The third-order valence-corrected chi connectivity index (χ3v) is 2.67. The van der Waals surface area contributed by atoms with Crippen LogP contribution in [0.4, 0.5) is 5.69 Å². The predicted octanol–water partition coefficient (Wildman–Crippen LogP) is 2.25. The number of hydrogen-bond donors (Lipinski definition) is 2. The Morgan fingerprint density at radius 2 is 2.28 bits per heavy atom. The van der Waals surface area contributed by atoms with Gasteiger partial charge in [-0.2, -0.15) is 5.26 Å². The topological polar surface area (TPSA) is 86.0 Å². The van der Waals surface area contributed by atoms with E-state index in [1.807, 2.05) is 26.8 Å². The van der Waals surface area contributed by atoms with Crippen LogP contribution in [0.3, 0.4) is 0 Å². The molecule has 0 aliphatic heterocycles. The quantitative estimate of drug-likeness (QED) is 0.852. The van der Waals surface area contributed by atoms with Gasteiger partial charge in [0.1, 0.15) is 6.07 Å². The number of nitriles is 1. The van der Waals surface area contributed by atoms with Crippen LogP contribution in [0.2, 0.25) is 0 Å². The molecule has 0 amide bonds. The molecule has 5 heteroatoms. The van der Waals surface area contributed by atoms with Crippen molar-refractivity contribution in [1.29, 1.82) is 5.26 Å². The number of hydrogen-bond acceptors (Lipinski definition) is 4. The summed E-state index contributed by atoms with van der Waals surface area (Å²) >= 11 is 0. The maximum absolute atomic E-state index is 10.9. The molecule has 0 spiro atoms. The number of carboxylic acids is 1. The van der Waals surface area contributed by atoms with Crippen LogP contribution < -0.4 is 5.32 Å². The van der Waals surface area contributed by atoms with Crippen molar-refractivity contribution in [2.24, 2.45) is 5.41 Å². The molecular weight excluding hydrogens is 230 g/mol. The van der Waals surface area contributed by atoms with Gasteiger partial charge in [-0.1, -0.05) is 20.8 Å². The second-order valence-electron chi connectivity index (χ2n) is 5.17. The zero-order valence-corrected chi connectivity index (χ0v) is 10.8. The molecule has 0 saturated heterocycles. The lowest BCUT2D eigenvalue weighted by molar-refractivity contribution is -0.137. The largest absolute Gasteiger partial charge is 0.481 e. The van der Waals surface area contributed by atoms with Gasteiger partial charge >= 0.3 is 5.97 Å². The minimum absolute atomic E-state index is 0.0107. The van der Waals surface area contributed by atoms with Crippen molar-refractivity contribution in [3.8, 4) is 6.07 Å². The summed E-state index contributed by atoms with van der Waals surface area (Å²) in [6.07, 6.45) is 1.52. The molecule has 18 heavy (non-hydrogen) atoms. The smallest absolute Gasteiger partial charge is 0.305 e. The van der Waals surface area contributed by atoms with E-state index in [4.69, 9.17) is 10.4 Å². The van der Waals surface area contributed by atoms with Gasteiger partial charge in [-0.3, -0.25) is 4.79 Å². The molecular formula is C13H17N3O2. The standard InChI is InChI=1S/C13H17N3O2/c1-13(2,3)11(7-12(17)18)16-9-5-4-6-15-10(9)8-14/h4-6,11,16H,7H2,1-3H3,(H,17,18). The Kier molecular flexibility index (Phi) is 4.27. The Balaban J connectivity index is 2.97. The van der Waals surface area contributed by atoms with Crippen LogP contribution in [0, 0.1) is 16.7 Å². The van der Waals surface area contributed by atoms with Gasteiger partial charge in [0.25, 0.3) is 0 Å². The van der Waals surface area contributed by atoms with Crippen LogP contribution in [0.25, 0.3) is 0 Å². The van der Waals surface area contributed by atoms with E-state index < -0.39 is 5.97 Å². The molecule has 0 radical (unpaired) electrons. The molecule has 1 unspecified atom stereocenters.